The van der Waals surface area contributed by atoms with Gasteiger partial charge in [0.05, 0.1) is 24.2 Å². The number of rotatable bonds is 5. The molecule has 3 rings (SSSR count). The first-order chi connectivity index (χ1) is 10.2. The highest BCUT2D eigenvalue weighted by Crippen LogP contribution is 2.39. The predicted molar refractivity (Wildman–Crippen MR) is 81.0 cm³/mol. The van der Waals surface area contributed by atoms with E-state index in [4.69, 9.17) is 4.74 Å². The summed E-state index contributed by atoms with van der Waals surface area (Å²) in [6.45, 7) is 5.11. The number of ether oxygens (including phenoxy) is 1. The van der Waals surface area contributed by atoms with E-state index in [0.717, 1.165) is 35.9 Å². The molecular weight excluding hydrogens is 288 g/mol. The van der Waals surface area contributed by atoms with E-state index in [0.29, 0.717) is 6.61 Å². The number of carbonyl (C=O) groups excluding carboxylic acids is 1. The van der Waals surface area contributed by atoms with Gasteiger partial charge in [0.1, 0.15) is 5.92 Å². The molecule has 0 aliphatic heterocycles. The number of hydrogen-bond donors (Lipinski definition) is 1. The zero-order valence-corrected chi connectivity index (χ0v) is 12.9. The van der Waals surface area contributed by atoms with E-state index >= 15 is 0 Å². The molecule has 1 aliphatic rings. The maximum atomic E-state index is 11.9. The van der Waals surface area contributed by atoms with Gasteiger partial charge in [-0.05, 0) is 26.7 Å². The second-order valence-electron chi connectivity index (χ2n) is 4.88. The minimum Gasteiger partial charge on any atom is -0.465 e. The van der Waals surface area contributed by atoms with E-state index in [1.807, 2.05) is 24.7 Å². The lowest BCUT2D eigenvalue weighted by Crippen LogP contribution is -2.14. The number of aryl methyl sites for hydroxylation is 2. The Hall–Kier alpha value is -1.89. The van der Waals surface area contributed by atoms with E-state index in [1.54, 1.807) is 17.5 Å². The largest absolute Gasteiger partial charge is 0.465 e. The standard InChI is InChI=1S/C14H18N4O2S/c1-3-18-8-9(7-15-18)16-14-17-12-10(13(19)20-4-2)5-6-11(12)21-14/h7-8,10H,3-6H2,1-2H3,(H,16,17). The van der Waals surface area contributed by atoms with Crippen molar-refractivity contribution in [2.24, 2.45) is 0 Å². The molecule has 2 aromatic rings. The molecule has 1 aliphatic carbocycles. The van der Waals surface area contributed by atoms with Crippen LogP contribution in [-0.2, 0) is 22.5 Å². The van der Waals surface area contributed by atoms with Gasteiger partial charge >= 0.3 is 5.97 Å². The van der Waals surface area contributed by atoms with Crippen LogP contribution in [0.2, 0.25) is 0 Å². The predicted octanol–water partition coefficient (Wildman–Crippen LogP) is 2.70. The van der Waals surface area contributed by atoms with Gasteiger partial charge in [0, 0.05) is 17.6 Å². The Morgan fingerprint density at radius 3 is 3.14 bits per heavy atom. The Labute approximate surface area is 127 Å². The molecule has 0 bridgehead atoms. The van der Waals surface area contributed by atoms with Crippen LogP contribution in [0.25, 0.3) is 0 Å². The van der Waals surface area contributed by atoms with Crippen LogP contribution in [0.3, 0.4) is 0 Å². The molecule has 0 spiro atoms. The molecule has 0 amide bonds. The molecule has 112 valence electrons. The maximum Gasteiger partial charge on any atom is 0.315 e. The highest BCUT2D eigenvalue weighted by atomic mass is 32.1. The van der Waals surface area contributed by atoms with Gasteiger partial charge in [0.2, 0.25) is 0 Å². The third-order valence-electron chi connectivity index (χ3n) is 3.50. The number of carbonyl (C=O) groups is 1. The summed E-state index contributed by atoms with van der Waals surface area (Å²) in [6, 6.07) is 0. The molecule has 0 saturated heterocycles. The van der Waals surface area contributed by atoms with Crippen LogP contribution in [0.4, 0.5) is 10.8 Å². The average Bonchev–Trinajstić information content (AvgIpc) is 3.14. The zero-order chi connectivity index (χ0) is 14.8. The van der Waals surface area contributed by atoms with Crippen LogP contribution in [0.15, 0.2) is 12.4 Å². The lowest BCUT2D eigenvalue weighted by atomic mass is 10.1. The molecule has 0 fully saturated rings. The van der Waals surface area contributed by atoms with Crippen LogP contribution in [-0.4, -0.2) is 27.3 Å². The van der Waals surface area contributed by atoms with Crippen LogP contribution >= 0.6 is 11.3 Å². The first kappa shape index (κ1) is 14.1. The molecule has 7 heteroatoms. The Morgan fingerprint density at radius 1 is 1.57 bits per heavy atom. The Kier molecular flexibility index (Phi) is 3.92. The smallest absolute Gasteiger partial charge is 0.315 e. The molecule has 0 aromatic carbocycles. The second kappa shape index (κ2) is 5.85. The first-order valence-electron chi connectivity index (χ1n) is 7.17. The van der Waals surface area contributed by atoms with Crippen LogP contribution in [0.5, 0.6) is 0 Å². The summed E-state index contributed by atoms with van der Waals surface area (Å²) in [6.07, 6.45) is 5.42. The Balaban J connectivity index is 1.75. The van der Waals surface area contributed by atoms with Gasteiger partial charge < -0.3 is 10.1 Å². The number of anilines is 2. The minimum atomic E-state index is -0.204. The maximum absolute atomic E-state index is 11.9. The summed E-state index contributed by atoms with van der Waals surface area (Å²) >= 11 is 1.61. The molecule has 0 saturated carbocycles. The van der Waals surface area contributed by atoms with E-state index < -0.39 is 0 Å². The molecule has 6 nitrogen and oxygen atoms in total. The highest BCUT2D eigenvalue weighted by Gasteiger charge is 2.33. The number of nitrogens with one attached hydrogen (secondary N) is 1. The third-order valence-corrected chi connectivity index (χ3v) is 4.54. The van der Waals surface area contributed by atoms with Gasteiger partial charge in [-0.25, -0.2) is 4.98 Å². The van der Waals surface area contributed by atoms with Crippen molar-refractivity contribution in [1.82, 2.24) is 14.8 Å². The normalized spacial score (nSPS) is 16.8. The summed E-state index contributed by atoms with van der Waals surface area (Å²) in [7, 11) is 0. The van der Waals surface area contributed by atoms with Gasteiger partial charge in [-0.3, -0.25) is 9.48 Å². The fraction of sp³-hybridized carbons (Fsp3) is 0.500. The average molecular weight is 306 g/mol. The second-order valence-corrected chi connectivity index (χ2v) is 5.96. The number of nitrogens with zero attached hydrogens (tertiary/aromatic N) is 3. The topological polar surface area (TPSA) is 69.0 Å². The van der Waals surface area contributed by atoms with Gasteiger partial charge in [0.25, 0.3) is 0 Å². The highest BCUT2D eigenvalue weighted by molar-refractivity contribution is 7.15. The van der Waals surface area contributed by atoms with E-state index in [-0.39, 0.29) is 11.9 Å². The van der Waals surface area contributed by atoms with Crippen molar-refractivity contribution < 1.29 is 9.53 Å². The fourth-order valence-electron chi connectivity index (χ4n) is 2.48. The summed E-state index contributed by atoms with van der Waals surface area (Å²) in [5, 5.41) is 8.28. The van der Waals surface area contributed by atoms with E-state index in [2.05, 4.69) is 15.4 Å². The number of hydrogen-bond acceptors (Lipinski definition) is 6. The summed E-state index contributed by atoms with van der Waals surface area (Å²) in [5.74, 6) is -0.364. The fourth-order valence-corrected chi connectivity index (χ4v) is 3.54. The number of thiazole rings is 1. The number of esters is 1. The molecular formula is C14H18N4O2S. The van der Waals surface area contributed by atoms with E-state index in [1.165, 1.54) is 4.88 Å². The van der Waals surface area contributed by atoms with Gasteiger partial charge in [0.15, 0.2) is 5.13 Å². The number of aromatic nitrogens is 3. The SMILES string of the molecule is CCOC(=O)C1CCc2sc(Nc3cnn(CC)c3)nc21. The lowest BCUT2D eigenvalue weighted by Gasteiger charge is -2.07. The van der Waals surface area contributed by atoms with Crippen molar-refractivity contribution in [3.05, 3.63) is 23.0 Å². The van der Waals surface area contributed by atoms with Crippen molar-refractivity contribution >= 4 is 28.1 Å². The molecule has 1 unspecified atom stereocenters. The van der Waals surface area contributed by atoms with Gasteiger partial charge in [-0.15, -0.1) is 11.3 Å². The first-order valence-corrected chi connectivity index (χ1v) is 7.98. The molecule has 0 radical (unpaired) electrons. The molecule has 1 N–H and O–H groups in total. The molecule has 2 aromatic heterocycles. The zero-order valence-electron chi connectivity index (χ0n) is 12.1. The van der Waals surface area contributed by atoms with E-state index in [9.17, 15) is 4.79 Å². The Bertz CT molecular complexity index is 649. The monoisotopic (exact) mass is 306 g/mol. The summed E-state index contributed by atoms with van der Waals surface area (Å²) in [5.41, 5.74) is 1.79. The van der Waals surface area contributed by atoms with Crippen LogP contribution in [0.1, 0.15) is 36.8 Å². The van der Waals surface area contributed by atoms with Crippen LogP contribution < -0.4 is 5.32 Å². The Morgan fingerprint density at radius 2 is 2.43 bits per heavy atom. The minimum absolute atomic E-state index is 0.160. The summed E-state index contributed by atoms with van der Waals surface area (Å²) in [4.78, 5) is 17.7. The quantitative estimate of drug-likeness (QED) is 0.860. The van der Waals surface area contributed by atoms with Crippen molar-refractivity contribution in [1.29, 1.82) is 0 Å². The molecule has 21 heavy (non-hydrogen) atoms. The lowest BCUT2D eigenvalue weighted by molar-refractivity contribution is -0.145. The molecule has 2 heterocycles. The van der Waals surface area contributed by atoms with Crippen molar-refractivity contribution in [3.8, 4) is 0 Å². The van der Waals surface area contributed by atoms with Crippen molar-refractivity contribution in [2.75, 3.05) is 11.9 Å². The number of fused-ring (bicyclic) bond motifs is 1. The van der Waals surface area contributed by atoms with Gasteiger partial charge in [-0.2, -0.15) is 5.10 Å². The van der Waals surface area contributed by atoms with Crippen LogP contribution in [0, 0.1) is 0 Å². The third kappa shape index (κ3) is 2.78. The summed E-state index contributed by atoms with van der Waals surface area (Å²) < 4.78 is 6.97. The van der Waals surface area contributed by atoms with Gasteiger partial charge in [-0.1, -0.05) is 0 Å². The molecule has 1 atom stereocenters. The van der Waals surface area contributed by atoms with Crippen molar-refractivity contribution in [2.45, 2.75) is 39.2 Å². The van der Waals surface area contributed by atoms with Crippen molar-refractivity contribution in [3.63, 3.8) is 0 Å².